The summed E-state index contributed by atoms with van der Waals surface area (Å²) in [5, 5.41) is 11.0. The molecule has 32 heavy (non-hydrogen) atoms. The number of fused-ring (bicyclic) bond motifs is 1. The van der Waals surface area contributed by atoms with Crippen LogP contribution in [0.2, 0.25) is 0 Å². The fourth-order valence-electron chi connectivity index (χ4n) is 3.89. The number of rotatable bonds is 9. The van der Waals surface area contributed by atoms with Crippen molar-refractivity contribution >= 4 is 28.5 Å². The topological polar surface area (TPSA) is 50.0 Å². The third-order valence-electron chi connectivity index (χ3n) is 5.33. The molecule has 0 saturated heterocycles. The highest BCUT2D eigenvalue weighted by atomic mass is 32.2. The van der Waals surface area contributed by atoms with E-state index in [0.717, 1.165) is 57.9 Å². The summed E-state index contributed by atoms with van der Waals surface area (Å²) in [5.74, 6) is 1.77. The number of nitriles is 1. The zero-order chi connectivity index (χ0) is 22.3. The first-order valence-electron chi connectivity index (χ1n) is 11.0. The predicted molar refractivity (Wildman–Crippen MR) is 135 cm³/mol. The molecule has 0 aliphatic heterocycles. The number of hydrogen-bond acceptors (Lipinski definition) is 4. The molecule has 0 fully saturated rings. The molecule has 4 rings (SSSR count). The van der Waals surface area contributed by atoms with Crippen LogP contribution in [-0.4, -0.2) is 10.3 Å². The summed E-state index contributed by atoms with van der Waals surface area (Å²) in [7, 11) is 0. The molecule has 0 radical (unpaired) electrons. The van der Waals surface area contributed by atoms with E-state index < -0.39 is 0 Å². The minimum Gasteiger partial charge on any atom is -0.489 e. The molecule has 0 aliphatic rings. The highest BCUT2D eigenvalue weighted by molar-refractivity contribution is 8.00. The number of nitrogens with zero attached hydrogens (tertiary/aromatic N) is 2. The van der Waals surface area contributed by atoms with Crippen LogP contribution >= 0.6 is 11.9 Å². The van der Waals surface area contributed by atoms with Gasteiger partial charge in [-0.3, -0.25) is 0 Å². The van der Waals surface area contributed by atoms with Gasteiger partial charge < -0.3 is 14.0 Å². The summed E-state index contributed by atoms with van der Waals surface area (Å²) < 4.78 is 11.6. The summed E-state index contributed by atoms with van der Waals surface area (Å²) in [4.78, 5) is 0. The molecule has 1 aromatic heterocycles. The lowest BCUT2D eigenvalue weighted by molar-refractivity contribution is 0.306. The number of aromatic nitrogens is 1. The van der Waals surface area contributed by atoms with Crippen molar-refractivity contribution in [2.45, 2.75) is 33.4 Å². The van der Waals surface area contributed by atoms with E-state index in [4.69, 9.17) is 4.74 Å². The van der Waals surface area contributed by atoms with Gasteiger partial charge in [0.05, 0.1) is 16.8 Å². The number of benzene rings is 3. The third kappa shape index (κ3) is 4.61. The van der Waals surface area contributed by atoms with Crippen molar-refractivity contribution in [2.24, 2.45) is 0 Å². The second kappa shape index (κ2) is 10.3. The monoisotopic (exact) mass is 441 g/mol. The van der Waals surface area contributed by atoms with E-state index in [1.165, 1.54) is 0 Å². The minimum absolute atomic E-state index is 0.501. The zero-order valence-electron chi connectivity index (χ0n) is 18.5. The third-order valence-corrected chi connectivity index (χ3v) is 6.00. The normalized spacial score (nSPS) is 10.8. The lowest BCUT2D eigenvalue weighted by Gasteiger charge is -2.11. The van der Waals surface area contributed by atoms with E-state index in [-0.39, 0.29) is 0 Å². The summed E-state index contributed by atoms with van der Waals surface area (Å²) in [6.07, 6.45) is 0.987. The molecular weight excluding hydrogens is 414 g/mol. The van der Waals surface area contributed by atoms with Crippen LogP contribution in [0.1, 0.15) is 31.4 Å². The molecule has 0 spiro atoms. The zero-order valence-corrected chi connectivity index (χ0v) is 19.3. The summed E-state index contributed by atoms with van der Waals surface area (Å²) >= 11 is 1.67. The molecular formula is C27H27N3OS. The number of ether oxygens (including phenoxy) is 1. The van der Waals surface area contributed by atoms with Crippen LogP contribution in [0, 0.1) is 11.3 Å². The molecule has 5 heteroatoms. The Hall–Kier alpha value is -3.36. The molecule has 0 saturated carbocycles. The Balaban J connectivity index is 1.73. The minimum atomic E-state index is 0.501. The molecule has 0 unspecified atom stereocenters. The van der Waals surface area contributed by atoms with Crippen LogP contribution in [0.4, 0.5) is 5.69 Å². The molecule has 0 amide bonds. The number of aryl methyl sites for hydroxylation is 1. The first kappa shape index (κ1) is 21.9. The van der Waals surface area contributed by atoms with Gasteiger partial charge in [-0.1, -0.05) is 68.3 Å². The number of nitrogens with one attached hydrogen (secondary N) is 1. The lowest BCUT2D eigenvalue weighted by Crippen LogP contribution is -2.00. The highest BCUT2D eigenvalue weighted by Crippen LogP contribution is 2.36. The Morgan fingerprint density at radius 3 is 2.47 bits per heavy atom. The highest BCUT2D eigenvalue weighted by Gasteiger charge is 2.19. The molecule has 162 valence electrons. The molecule has 4 nitrogen and oxygen atoms in total. The Morgan fingerprint density at radius 2 is 1.78 bits per heavy atom. The predicted octanol–water partition coefficient (Wildman–Crippen LogP) is 7.25. The Bertz CT molecular complexity index is 1220. The quantitative estimate of drug-likeness (QED) is 0.278. The number of hydrogen-bond donors (Lipinski definition) is 1. The summed E-state index contributed by atoms with van der Waals surface area (Å²) in [6, 6.07) is 27.0. The van der Waals surface area contributed by atoms with E-state index in [1.54, 1.807) is 11.9 Å². The largest absolute Gasteiger partial charge is 0.489 e. The molecule has 4 aromatic rings. The van der Waals surface area contributed by atoms with E-state index >= 15 is 0 Å². The van der Waals surface area contributed by atoms with Crippen molar-refractivity contribution in [3.63, 3.8) is 0 Å². The summed E-state index contributed by atoms with van der Waals surface area (Å²) in [6.45, 7) is 5.63. The Kier molecular flexibility index (Phi) is 7.03. The maximum absolute atomic E-state index is 10.1. The van der Waals surface area contributed by atoms with E-state index in [1.807, 2.05) is 42.5 Å². The molecule has 0 atom stereocenters. The van der Waals surface area contributed by atoms with Gasteiger partial charge in [-0.05, 0) is 47.9 Å². The van der Waals surface area contributed by atoms with Crippen LogP contribution in [-0.2, 0) is 13.2 Å². The summed E-state index contributed by atoms with van der Waals surface area (Å²) in [5.41, 5.74) is 5.96. The van der Waals surface area contributed by atoms with Crippen molar-refractivity contribution in [2.75, 3.05) is 10.5 Å². The van der Waals surface area contributed by atoms with Crippen LogP contribution in [0.15, 0.2) is 72.8 Å². The molecule has 0 aliphatic carbocycles. The van der Waals surface area contributed by atoms with Crippen LogP contribution in [0.3, 0.4) is 0 Å². The van der Waals surface area contributed by atoms with Crippen molar-refractivity contribution in [3.8, 4) is 23.1 Å². The molecule has 0 bridgehead atoms. The van der Waals surface area contributed by atoms with E-state index in [9.17, 15) is 5.26 Å². The van der Waals surface area contributed by atoms with E-state index in [2.05, 4.69) is 59.5 Å². The first-order valence-corrected chi connectivity index (χ1v) is 11.9. The van der Waals surface area contributed by atoms with Crippen LogP contribution in [0.5, 0.6) is 5.75 Å². The van der Waals surface area contributed by atoms with Crippen LogP contribution < -0.4 is 9.46 Å². The van der Waals surface area contributed by atoms with Gasteiger partial charge >= 0.3 is 0 Å². The molecule has 3 aromatic carbocycles. The van der Waals surface area contributed by atoms with Crippen molar-refractivity contribution < 1.29 is 4.74 Å². The van der Waals surface area contributed by atoms with Gasteiger partial charge in [-0.25, -0.2) is 0 Å². The van der Waals surface area contributed by atoms with E-state index in [0.29, 0.717) is 12.2 Å². The smallest absolute Gasteiger partial charge is 0.120 e. The van der Waals surface area contributed by atoms with Gasteiger partial charge in [0.1, 0.15) is 18.4 Å². The van der Waals surface area contributed by atoms with Crippen LogP contribution in [0.25, 0.3) is 22.2 Å². The average molecular weight is 442 g/mol. The van der Waals surface area contributed by atoms with Crippen molar-refractivity contribution in [1.29, 1.82) is 5.26 Å². The second-order valence-corrected chi connectivity index (χ2v) is 8.62. The van der Waals surface area contributed by atoms with Gasteiger partial charge in [0.2, 0.25) is 0 Å². The fraction of sp³-hybridized carbons (Fsp3) is 0.222. The SMILES string of the molecule is CCCn1c(-c2ccc(NSCC)cc2)c(C#N)c2cc(OCc3ccccc3)ccc21. The molecule has 1 N–H and O–H groups in total. The van der Waals surface area contributed by atoms with Gasteiger partial charge in [0.25, 0.3) is 0 Å². The fourth-order valence-corrected chi connectivity index (χ4v) is 4.33. The van der Waals surface area contributed by atoms with Crippen molar-refractivity contribution in [1.82, 2.24) is 4.57 Å². The Labute approximate surface area is 194 Å². The lowest BCUT2D eigenvalue weighted by atomic mass is 10.1. The van der Waals surface area contributed by atoms with Crippen molar-refractivity contribution in [3.05, 3.63) is 83.9 Å². The van der Waals surface area contributed by atoms with Gasteiger partial charge in [-0.15, -0.1) is 0 Å². The number of anilines is 1. The molecule has 1 heterocycles. The Morgan fingerprint density at radius 1 is 1.00 bits per heavy atom. The second-order valence-electron chi connectivity index (χ2n) is 7.55. The standard InChI is InChI=1S/C27H27N3OS/c1-3-16-30-26-15-14-23(31-19-20-8-6-5-7-9-20)17-24(26)25(18-28)27(30)21-10-12-22(13-11-21)29-32-4-2/h5-15,17,29H,3-4,16,19H2,1-2H3. The van der Waals surface area contributed by atoms with Gasteiger partial charge in [0, 0.05) is 23.4 Å². The average Bonchev–Trinajstić information content (AvgIpc) is 3.15. The maximum atomic E-state index is 10.1. The maximum Gasteiger partial charge on any atom is 0.120 e. The van der Waals surface area contributed by atoms with Gasteiger partial charge in [-0.2, -0.15) is 5.26 Å². The van der Waals surface area contributed by atoms with Gasteiger partial charge in [0.15, 0.2) is 0 Å². The first-order chi connectivity index (χ1) is 15.7.